The summed E-state index contributed by atoms with van der Waals surface area (Å²) in [6.45, 7) is 10.7. The van der Waals surface area contributed by atoms with Gasteiger partial charge in [0.1, 0.15) is 6.33 Å². The minimum atomic E-state index is 0.370. The second kappa shape index (κ2) is 8.12. The van der Waals surface area contributed by atoms with Crippen LogP contribution in [0.25, 0.3) is 27.8 Å². The van der Waals surface area contributed by atoms with Crippen LogP contribution in [0.2, 0.25) is 5.02 Å². The Hall–Kier alpha value is -2.41. The van der Waals surface area contributed by atoms with Crippen LogP contribution in [-0.4, -0.2) is 56.8 Å². The number of aromatic nitrogens is 4. The van der Waals surface area contributed by atoms with Crippen molar-refractivity contribution in [1.29, 1.82) is 0 Å². The minimum Gasteiger partial charge on any atom is -0.378 e. The Morgan fingerprint density at radius 2 is 1.97 bits per heavy atom. The molecule has 0 bridgehead atoms. The average molecular weight is 464 g/mol. The maximum absolute atomic E-state index is 6.68. The third-order valence-electron chi connectivity index (χ3n) is 7.60. The molecule has 4 aromatic rings. The van der Waals surface area contributed by atoms with Crippen molar-refractivity contribution in [3.05, 3.63) is 52.4 Å². The number of likely N-dealkylation sites (tertiary alicyclic amines) is 1. The number of benzene rings is 1. The van der Waals surface area contributed by atoms with Gasteiger partial charge < -0.3 is 9.72 Å². The number of nitrogens with one attached hydrogen (secondary N) is 1. The zero-order chi connectivity index (χ0) is 22.7. The first-order valence-electron chi connectivity index (χ1n) is 12.0. The number of hydrogen-bond acceptors (Lipinski definition) is 4. The molecule has 1 N–H and O–H groups in total. The van der Waals surface area contributed by atoms with E-state index in [9.17, 15) is 0 Å². The second-order valence-electron chi connectivity index (χ2n) is 9.88. The highest BCUT2D eigenvalue weighted by Crippen LogP contribution is 2.40. The number of fused-ring (bicyclic) bond motifs is 2. The van der Waals surface area contributed by atoms with Gasteiger partial charge in [-0.05, 0) is 73.5 Å². The molecule has 6 nitrogen and oxygen atoms in total. The molecule has 0 unspecified atom stereocenters. The zero-order valence-electron chi connectivity index (χ0n) is 19.4. The molecule has 5 heterocycles. The van der Waals surface area contributed by atoms with Crippen LogP contribution < -0.4 is 0 Å². The molecular formula is C26H30ClN5O. The quantitative estimate of drug-likeness (QED) is 0.431. The van der Waals surface area contributed by atoms with Gasteiger partial charge in [0.25, 0.3) is 0 Å². The molecule has 3 aromatic heterocycles. The molecule has 6 rings (SSSR count). The van der Waals surface area contributed by atoms with E-state index in [0.717, 1.165) is 30.0 Å². The molecule has 2 aliphatic rings. The van der Waals surface area contributed by atoms with Crippen LogP contribution in [0, 0.1) is 6.92 Å². The fourth-order valence-electron chi connectivity index (χ4n) is 5.59. The first-order valence-corrected chi connectivity index (χ1v) is 12.3. The third-order valence-corrected chi connectivity index (χ3v) is 8.05. The molecule has 2 saturated heterocycles. The lowest BCUT2D eigenvalue weighted by Gasteiger charge is -2.41. The van der Waals surface area contributed by atoms with E-state index < -0.39 is 0 Å². The average Bonchev–Trinajstić information content (AvgIpc) is 3.39. The summed E-state index contributed by atoms with van der Waals surface area (Å²) in [5, 5.41) is 6.31. The number of rotatable bonds is 4. The van der Waals surface area contributed by atoms with Gasteiger partial charge in [0.15, 0.2) is 5.65 Å². The highest BCUT2D eigenvalue weighted by molar-refractivity contribution is 6.34. The third kappa shape index (κ3) is 3.47. The molecule has 2 fully saturated rings. The van der Waals surface area contributed by atoms with E-state index in [-0.39, 0.29) is 0 Å². The molecule has 0 atom stereocenters. The van der Waals surface area contributed by atoms with Crippen LogP contribution in [-0.2, 0) is 4.74 Å². The van der Waals surface area contributed by atoms with E-state index in [2.05, 4.69) is 58.9 Å². The summed E-state index contributed by atoms with van der Waals surface area (Å²) in [6.07, 6.45) is 6.03. The van der Waals surface area contributed by atoms with Crippen LogP contribution in [0.4, 0.5) is 0 Å². The van der Waals surface area contributed by atoms with Crippen LogP contribution in [0.1, 0.15) is 55.2 Å². The van der Waals surface area contributed by atoms with E-state index in [1.165, 1.54) is 48.0 Å². The maximum Gasteiger partial charge on any atom is 0.174 e. The van der Waals surface area contributed by atoms with Crippen molar-refractivity contribution in [2.45, 2.75) is 51.5 Å². The zero-order valence-corrected chi connectivity index (χ0v) is 20.2. The number of nitrogens with zero attached hydrogens (tertiary/aromatic N) is 4. The van der Waals surface area contributed by atoms with Crippen LogP contribution in [0.15, 0.2) is 30.7 Å². The molecule has 0 spiro atoms. The van der Waals surface area contributed by atoms with Gasteiger partial charge >= 0.3 is 0 Å². The lowest BCUT2D eigenvalue weighted by atomic mass is 9.87. The SMILES string of the molecule is Cc1c(-c2[nH]c3ccc(C4CCN(C5COC5)CC4)cc3c2C(C)C)cn2ncnc2c1Cl. The lowest BCUT2D eigenvalue weighted by Crippen LogP contribution is -2.51. The van der Waals surface area contributed by atoms with E-state index in [0.29, 0.717) is 28.5 Å². The normalized spacial score (nSPS) is 18.6. The Bertz CT molecular complexity index is 1330. The Morgan fingerprint density at radius 3 is 2.67 bits per heavy atom. The number of halogens is 1. The molecule has 0 aliphatic carbocycles. The van der Waals surface area contributed by atoms with E-state index in [1.807, 2.05) is 6.20 Å². The van der Waals surface area contributed by atoms with Crippen molar-refractivity contribution in [2.75, 3.05) is 26.3 Å². The van der Waals surface area contributed by atoms with Gasteiger partial charge in [-0.15, -0.1) is 0 Å². The first kappa shape index (κ1) is 21.1. The smallest absolute Gasteiger partial charge is 0.174 e. The molecular weight excluding hydrogens is 434 g/mol. The number of ether oxygens (including phenoxy) is 1. The predicted octanol–water partition coefficient (Wildman–Crippen LogP) is 5.54. The van der Waals surface area contributed by atoms with Gasteiger partial charge in [-0.3, -0.25) is 4.90 Å². The number of H-pyrrole nitrogens is 1. The van der Waals surface area contributed by atoms with Gasteiger partial charge in [-0.25, -0.2) is 9.50 Å². The van der Waals surface area contributed by atoms with Crippen molar-refractivity contribution >= 4 is 28.2 Å². The highest BCUT2D eigenvalue weighted by atomic mass is 35.5. The summed E-state index contributed by atoms with van der Waals surface area (Å²) >= 11 is 6.68. The van der Waals surface area contributed by atoms with Crippen molar-refractivity contribution in [3.63, 3.8) is 0 Å². The number of piperidine rings is 1. The van der Waals surface area contributed by atoms with E-state index in [4.69, 9.17) is 16.3 Å². The van der Waals surface area contributed by atoms with Crippen molar-refractivity contribution in [1.82, 2.24) is 24.5 Å². The molecule has 2 aliphatic heterocycles. The predicted molar refractivity (Wildman–Crippen MR) is 132 cm³/mol. The Morgan fingerprint density at radius 1 is 1.18 bits per heavy atom. The summed E-state index contributed by atoms with van der Waals surface area (Å²) in [4.78, 5) is 10.6. The topological polar surface area (TPSA) is 58.5 Å². The standard InChI is InChI=1S/C26H30ClN5O/c1-15(2)23-20-10-18(17-6-8-31(9-7-17)19-12-33-13-19)4-5-22(20)30-25(23)21-11-32-26(28-14-29-32)24(27)16(21)3/h4-5,10-11,14-15,17,19,30H,6-9,12-13H2,1-3H3. The van der Waals surface area contributed by atoms with Gasteiger partial charge in [-0.1, -0.05) is 31.5 Å². The van der Waals surface area contributed by atoms with Crippen molar-refractivity contribution < 1.29 is 4.74 Å². The summed E-state index contributed by atoms with van der Waals surface area (Å²) in [6, 6.07) is 7.66. The molecule has 0 saturated carbocycles. The van der Waals surface area contributed by atoms with Crippen molar-refractivity contribution in [3.8, 4) is 11.3 Å². The largest absolute Gasteiger partial charge is 0.378 e. The second-order valence-corrected chi connectivity index (χ2v) is 10.3. The lowest BCUT2D eigenvalue weighted by molar-refractivity contribution is -0.0712. The molecule has 0 amide bonds. The molecule has 1 aromatic carbocycles. The minimum absolute atomic E-state index is 0.370. The van der Waals surface area contributed by atoms with E-state index >= 15 is 0 Å². The monoisotopic (exact) mass is 463 g/mol. The Kier molecular flexibility index (Phi) is 5.20. The summed E-state index contributed by atoms with van der Waals surface area (Å²) in [5.41, 5.74) is 7.91. The highest BCUT2D eigenvalue weighted by Gasteiger charge is 2.30. The number of hydrogen-bond donors (Lipinski definition) is 1. The fraction of sp³-hybridized carbons (Fsp3) is 0.462. The first-order chi connectivity index (χ1) is 16.0. The number of pyridine rings is 1. The van der Waals surface area contributed by atoms with Gasteiger partial charge in [0.05, 0.1) is 30.0 Å². The molecule has 7 heteroatoms. The van der Waals surface area contributed by atoms with Gasteiger partial charge in [-0.2, -0.15) is 5.10 Å². The maximum atomic E-state index is 6.68. The van der Waals surface area contributed by atoms with Crippen molar-refractivity contribution in [2.24, 2.45) is 0 Å². The Balaban J connectivity index is 1.40. The van der Waals surface area contributed by atoms with Crippen LogP contribution >= 0.6 is 11.6 Å². The summed E-state index contributed by atoms with van der Waals surface area (Å²) in [7, 11) is 0. The van der Waals surface area contributed by atoms with Gasteiger partial charge in [0, 0.05) is 22.7 Å². The van der Waals surface area contributed by atoms with Crippen LogP contribution in [0.3, 0.4) is 0 Å². The molecule has 0 radical (unpaired) electrons. The van der Waals surface area contributed by atoms with Gasteiger partial charge in [0.2, 0.25) is 0 Å². The van der Waals surface area contributed by atoms with Crippen LogP contribution in [0.5, 0.6) is 0 Å². The summed E-state index contributed by atoms with van der Waals surface area (Å²) in [5.74, 6) is 0.988. The Labute approximate surface area is 198 Å². The fourth-order valence-corrected chi connectivity index (χ4v) is 5.82. The van der Waals surface area contributed by atoms with E-state index in [1.54, 1.807) is 10.8 Å². The number of aromatic amines is 1. The summed E-state index contributed by atoms with van der Waals surface area (Å²) < 4.78 is 7.17. The molecule has 172 valence electrons. The molecule has 33 heavy (non-hydrogen) atoms.